The Morgan fingerprint density at radius 3 is 2.45 bits per heavy atom. The van der Waals surface area contributed by atoms with E-state index >= 15 is 0 Å². The summed E-state index contributed by atoms with van der Waals surface area (Å²) in [7, 11) is 0. The van der Waals surface area contributed by atoms with Gasteiger partial charge < -0.3 is 10.6 Å². The number of amides is 2. The first kappa shape index (κ1) is 20.9. The molecule has 0 aliphatic rings. The number of carbonyl (C=O) groups excluding carboxylic acids is 2. The highest BCUT2D eigenvalue weighted by Crippen LogP contribution is 2.28. The van der Waals surface area contributed by atoms with Crippen molar-refractivity contribution in [1.82, 2.24) is 4.98 Å². The van der Waals surface area contributed by atoms with Crippen molar-refractivity contribution >= 4 is 45.9 Å². The van der Waals surface area contributed by atoms with Crippen LogP contribution in [0.2, 0.25) is 0 Å². The summed E-state index contributed by atoms with van der Waals surface area (Å²) >= 11 is 1.45. The number of hydrogen-bond donors (Lipinski definition) is 2. The van der Waals surface area contributed by atoms with Crippen molar-refractivity contribution in [3.63, 3.8) is 0 Å². The van der Waals surface area contributed by atoms with E-state index in [2.05, 4.69) is 49.6 Å². The second-order valence-electron chi connectivity index (χ2n) is 7.06. The fourth-order valence-electron chi connectivity index (χ4n) is 3.27. The third-order valence-electron chi connectivity index (χ3n) is 4.48. The average Bonchev–Trinajstić information content (AvgIpc) is 2.65. The van der Waals surface area contributed by atoms with Gasteiger partial charge in [-0.25, -0.2) is 4.98 Å². The molecule has 1 aromatic heterocycles. The largest absolute Gasteiger partial charge is 0.326 e. The van der Waals surface area contributed by atoms with Crippen LogP contribution in [-0.4, -0.2) is 22.6 Å². The molecule has 0 saturated carbocycles. The van der Waals surface area contributed by atoms with Crippen LogP contribution >= 0.6 is 11.8 Å². The highest BCUT2D eigenvalue weighted by Gasteiger charge is 2.11. The number of rotatable bonds is 6. The Kier molecular flexibility index (Phi) is 6.54. The van der Waals surface area contributed by atoms with E-state index in [0.29, 0.717) is 11.4 Å². The van der Waals surface area contributed by atoms with Crippen molar-refractivity contribution in [1.29, 1.82) is 0 Å². The average molecular weight is 408 g/mol. The van der Waals surface area contributed by atoms with E-state index in [0.717, 1.165) is 33.5 Å². The molecular weight excluding hydrogens is 382 g/mol. The van der Waals surface area contributed by atoms with Gasteiger partial charge in [-0.1, -0.05) is 36.4 Å². The van der Waals surface area contributed by atoms with Gasteiger partial charge in [0.15, 0.2) is 0 Å². The van der Waals surface area contributed by atoms with Gasteiger partial charge in [0.2, 0.25) is 11.8 Å². The van der Waals surface area contributed by atoms with Crippen LogP contribution in [0, 0.1) is 13.8 Å². The number of hydrogen-bond acceptors (Lipinski definition) is 4. The number of aromatic nitrogens is 1. The topological polar surface area (TPSA) is 71.1 Å². The zero-order valence-corrected chi connectivity index (χ0v) is 17.9. The number of fused-ring (bicyclic) bond motifs is 1. The molecule has 0 saturated heterocycles. The molecule has 0 aliphatic carbocycles. The van der Waals surface area contributed by atoms with E-state index in [1.54, 1.807) is 24.3 Å². The first-order valence-corrected chi connectivity index (χ1v) is 10.6. The number of nitrogens with one attached hydrogen (secondary N) is 2. The second kappa shape index (κ2) is 9.09. The monoisotopic (exact) mass is 407 g/mol. The van der Waals surface area contributed by atoms with Crippen LogP contribution in [0.5, 0.6) is 0 Å². The quantitative estimate of drug-likeness (QED) is 0.558. The van der Waals surface area contributed by atoms with Crippen molar-refractivity contribution < 1.29 is 9.59 Å². The van der Waals surface area contributed by atoms with Crippen LogP contribution in [0.1, 0.15) is 30.5 Å². The summed E-state index contributed by atoms with van der Waals surface area (Å²) in [5.74, 6) is 0.00406. The Morgan fingerprint density at radius 2 is 1.76 bits per heavy atom. The number of carbonyl (C=O) groups is 2. The number of benzene rings is 2. The van der Waals surface area contributed by atoms with E-state index in [-0.39, 0.29) is 17.6 Å². The molecule has 0 radical (unpaired) electrons. The molecular formula is C23H25N3O2S. The van der Waals surface area contributed by atoms with Gasteiger partial charge in [-0.2, -0.15) is 0 Å². The molecule has 150 valence electrons. The number of nitrogens with zero attached hydrogens (tertiary/aromatic N) is 1. The molecule has 0 aliphatic heterocycles. The summed E-state index contributed by atoms with van der Waals surface area (Å²) in [5, 5.41) is 7.63. The van der Waals surface area contributed by atoms with Crippen molar-refractivity contribution in [2.75, 3.05) is 16.4 Å². The molecule has 0 bridgehead atoms. The predicted octanol–water partition coefficient (Wildman–Crippen LogP) is 5.10. The molecule has 3 rings (SSSR count). The van der Waals surface area contributed by atoms with Crippen LogP contribution < -0.4 is 10.6 Å². The van der Waals surface area contributed by atoms with E-state index in [1.165, 1.54) is 24.2 Å². The highest BCUT2D eigenvalue weighted by molar-refractivity contribution is 8.00. The first-order valence-electron chi connectivity index (χ1n) is 9.57. The van der Waals surface area contributed by atoms with Gasteiger partial charge in [0, 0.05) is 23.7 Å². The predicted molar refractivity (Wildman–Crippen MR) is 121 cm³/mol. The lowest BCUT2D eigenvalue weighted by molar-refractivity contribution is -0.114. The molecule has 3 aromatic rings. The van der Waals surface area contributed by atoms with Crippen LogP contribution in [0.4, 0.5) is 11.4 Å². The van der Waals surface area contributed by atoms with Gasteiger partial charge in [-0.05, 0) is 61.7 Å². The molecule has 2 aromatic carbocycles. The lowest BCUT2D eigenvalue weighted by atomic mass is 10.0. The smallest absolute Gasteiger partial charge is 0.234 e. The van der Waals surface area contributed by atoms with Gasteiger partial charge in [0.1, 0.15) is 5.03 Å². The van der Waals surface area contributed by atoms with E-state index in [9.17, 15) is 9.59 Å². The summed E-state index contributed by atoms with van der Waals surface area (Å²) in [6, 6.07) is 13.6. The maximum Gasteiger partial charge on any atom is 0.234 e. The van der Waals surface area contributed by atoms with Gasteiger partial charge >= 0.3 is 0 Å². The summed E-state index contributed by atoms with van der Waals surface area (Å²) < 4.78 is 0. The minimum Gasteiger partial charge on any atom is -0.326 e. The van der Waals surface area contributed by atoms with Gasteiger partial charge in [-0.3, -0.25) is 9.59 Å². The molecule has 0 atom stereocenters. The van der Waals surface area contributed by atoms with Crippen molar-refractivity contribution in [3.8, 4) is 0 Å². The summed E-state index contributed by atoms with van der Waals surface area (Å²) in [4.78, 5) is 28.5. The molecule has 29 heavy (non-hydrogen) atoms. The van der Waals surface area contributed by atoms with E-state index in [1.807, 2.05) is 0 Å². The number of pyridine rings is 1. The molecule has 1 heterocycles. The van der Waals surface area contributed by atoms with Gasteiger partial charge in [0.25, 0.3) is 0 Å². The maximum absolute atomic E-state index is 12.4. The Bertz CT molecular complexity index is 1080. The maximum atomic E-state index is 12.4. The van der Waals surface area contributed by atoms with Crippen LogP contribution in [-0.2, 0) is 16.0 Å². The molecule has 0 fully saturated rings. The third kappa shape index (κ3) is 5.35. The molecule has 6 heteroatoms. The molecule has 0 spiro atoms. The molecule has 5 nitrogen and oxygen atoms in total. The minimum atomic E-state index is -0.149. The summed E-state index contributed by atoms with van der Waals surface area (Å²) in [5.41, 5.74) is 5.80. The number of aryl methyl sites for hydroxylation is 3. The van der Waals surface area contributed by atoms with Crippen LogP contribution in [0.3, 0.4) is 0 Å². The zero-order chi connectivity index (χ0) is 21.0. The fourth-order valence-corrected chi connectivity index (χ4v) is 4.15. The zero-order valence-electron chi connectivity index (χ0n) is 17.1. The highest BCUT2D eigenvalue weighted by atomic mass is 32.2. The van der Waals surface area contributed by atoms with Crippen molar-refractivity contribution in [2.45, 2.75) is 39.1 Å². The standard InChI is InChI=1S/C23H25N3O2S/c1-5-17-11-18-10-14(2)9-15(3)22(18)26-23(17)29-13-21(28)25-20-8-6-7-19(12-20)24-16(4)27/h6-12H,5,13H2,1-4H3,(H,24,27)(H,25,28). The van der Waals surface area contributed by atoms with Crippen molar-refractivity contribution in [2.24, 2.45) is 0 Å². The molecule has 0 unspecified atom stereocenters. The lowest BCUT2D eigenvalue weighted by Gasteiger charge is -2.12. The normalized spacial score (nSPS) is 10.8. The SMILES string of the molecule is CCc1cc2cc(C)cc(C)c2nc1SCC(=O)Nc1cccc(NC(C)=O)c1. The Hall–Kier alpha value is -2.86. The first-order chi connectivity index (χ1) is 13.9. The van der Waals surface area contributed by atoms with Gasteiger partial charge in [0.05, 0.1) is 11.3 Å². The Labute approximate surface area is 175 Å². The molecule has 2 N–H and O–H groups in total. The lowest BCUT2D eigenvalue weighted by Crippen LogP contribution is -2.15. The van der Waals surface area contributed by atoms with Gasteiger partial charge in [-0.15, -0.1) is 0 Å². The fraction of sp³-hybridized carbons (Fsp3) is 0.261. The summed E-state index contributed by atoms with van der Waals surface area (Å²) in [6.45, 7) is 7.71. The van der Waals surface area contributed by atoms with Crippen LogP contribution in [0.25, 0.3) is 10.9 Å². The second-order valence-corrected chi connectivity index (χ2v) is 8.02. The minimum absolute atomic E-state index is 0.112. The number of anilines is 2. The third-order valence-corrected chi connectivity index (χ3v) is 5.51. The molecule has 2 amide bonds. The van der Waals surface area contributed by atoms with E-state index in [4.69, 9.17) is 4.98 Å². The summed E-state index contributed by atoms with van der Waals surface area (Å²) in [6.07, 6.45) is 0.860. The number of thioether (sulfide) groups is 1. The Morgan fingerprint density at radius 1 is 1.03 bits per heavy atom. The van der Waals surface area contributed by atoms with Crippen molar-refractivity contribution in [3.05, 3.63) is 59.2 Å². The van der Waals surface area contributed by atoms with Crippen LogP contribution in [0.15, 0.2) is 47.5 Å². The Balaban J connectivity index is 1.73. The van der Waals surface area contributed by atoms with E-state index < -0.39 is 0 Å².